The van der Waals surface area contributed by atoms with Crippen LogP contribution in [0.25, 0.3) is 5.65 Å². The zero-order chi connectivity index (χ0) is 14.7. The van der Waals surface area contributed by atoms with Crippen LogP contribution in [0.3, 0.4) is 0 Å². The molecule has 21 heavy (non-hydrogen) atoms. The third-order valence-electron chi connectivity index (χ3n) is 3.95. The molecule has 0 bridgehead atoms. The maximum absolute atomic E-state index is 10.9. The molecule has 1 aliphatic heterocycles. The minimum absolute atomic E-state index is 0.244. The summed E-state index contributed by atoms with van der Waals surface area (Å²) in [6, 6.07) is 6.49. The second-order valence-electron chi connectivity index (χ2n) is 5.60. The van der Waals surface area contributed by atoms with Crippen molar-refractivity contribution in [1.29, 1.82) is 0 Å². The lowest BCUT2D eigenvalue weighted by Crippen LogP contribution is -2.45. The van der Waals surface area contributed by atoms with Crippen molar-refractivity contribution in [3.05, 3.63) is 36.3 Å². The number of imidazole rings is 1. The van der Waals surface area contributed by atoms with E-state index in [0.717, 1.165) is 43.8 Å². The highest BCUT2D eigenvalue weighted by Crippen LogP contribution is 2.11. The van der Waals surface area contributed by atoms with Crippen LogP contribution >= 0.6 is 0 Å². The van der Waals surface area contributed by atoms with E-state index in [9.17, 15) is 4.79 Å². The monoisotopic (exact) mass is 287 g/mol. The summed E-state index contributed by atoms with van der Waals surface area (Å²) in [6.45, 7) is 3.00. The van der Waals surface area contributed by atoms with Crippen LogP contribution in [0.4, 0.5) is 0 Å². The molecule has 3 N–H and O–H groups in total. The Morgan fingerprint density at radius 1 is 1.38 bits per heavy atom. The second-order valence-corrected chi connectivity index (χ2v) is 5.60. The Balaban J connectivity index is 1.49. The first-order chi connectivity index (χ1) is 10.2. The first-order valence-electron chi connectivity index (χ1n) is 7.37. The predicted octanol–water partition coefficient (Wildman–Crippen LogP) is 0.374. The fourth-order valence-corrected chi connectivity index (χ4v) is 2.84. The lowest BCUT2D eigenvalue weighted by molar-refractivity contribution is -0.119. The summed E-state index contributed by atoms with van der Waals surface area (Å²) in [7, 11) is 0. The van der Waals surface area contributed by atoms with E-state index in [0.29, 0.717) is 12.6 Å². The van der Waals surface area contributed by atoms with Gasteiger partial charge in [-0.1, -0.05) is 6.07 Å². The molecule has 0 spiro atoms. The number of aromatic nitrogens is 2. The van der Waals surface area contributed by atoms with Crippen LogP contribution in [0.1, 0.15) is 18.5 Å². The first-order valence-corrected chi connectivity index (χ1v) is 7.37. The fraction of sp³-hybridized carbons (Fsp3) is 0.467. The molecule has 0 aliphatic carbocycles. The molecule has 0 atom stereocenters. The van der Waals surface area contributed by atoms with Gasteiger partial charge in [-0.25, -0.2) is 4.98 Å². The maximum atomic E-state index is 10.9. The summed E-state index contributed by atoms with van der Waals surface area (Å²) < 4.78 is 2.03. The average Bonchev–Trinajstić information content (AvgIpc) is 2.89. The zero-order valence-electron chi connectivity index (χ0n) is 12.0. The molecule has 0 saturated carbocycles. The summed E-state index contributed by atoms with van der Waals surface area (Å²) in [5.74, 6) is -0.244. The summed E-state index contributed by atoms with van der Waals surface area (Å²) in [5, 5.41) is 3.55. The minimum Gasteiger partial charge on any atom is -0.369 e. The summed E-state index contributed by atoms with van der Waals surface area (Å²) in [4.78, 5) is 17.6. The van der Waals surface area contributed by atoms with Crippen molar-refractivity contribution in [3.8, 4) is 0 Å². The predicted molar refractivity (Wildman–Crippen MR) is 80.7 cm³/mol. The Morgan fingerprint density at radius 2 is 2.19 bits per heavy atom. The van der Waals surface area contributed by atoms with E-state index in [1.807, 2.05) is 28.8 Å². The van der Waals surface area contributed by atoms with Gasteiger partial charge in [0.1, 0.15) is 5.65 Å². The first kappa shape index (κ1) is 14.0. The van der Waals surface area contributed by atoms with Crippen molar-refractivity contribution in [2.45, 2.75) is 25.4 Å². The van der Waals surface area contributed by atoms with Gasteiger partial charge in [-0.2, -0.15) is 0 Å². The van der Waals surface area contributed by atoms with Gasteiger partial charge >= 0.3 is 0 Å². The van der Waals surface area contributed by atoms with E-state index in [2.05, 4.69) is 21.4 Å². The number of carbonyl (C=O) groups excluding carboxylic acids is 1. The number of carbonyl (C=O) groups is 1. The Morgan fingerprint density at radius 3 is 2.90 bits per heavy atom. The van der Waals surface area contributed by atoms with Crippen molar-refractivity contribution in [2.24, 2.45) is 5.73 Å². The SMILES string of the molecule is NC(=O)CN1CCC(NCc2cn3ccccc3n2)CC1. The lowest BCUT2D eigenvalue weighted by Gasteiger charge is -2.31. The van der Waals surface area contributed by atoms with Gasteiger partial charge in [-0.05, 0) is 25.0 Å². The Kier molecular flexibility index (Phi) is 4.17. The van der Waals surface area contributed by atoms with Crippen LogP contribution in [0.5, 0.6) is 0 Å². The highest BCUT2D eigenvalue weighted by atomic mass is 16.1. The van der Waals surface area contributed by atoms with Gasteiger partial charge in [0.15, 0.2) is 0 Å². The number of primary amides is 1. The molecule has 6 nitrogen and oxygen atoms in total. The van der Waals surface area contributed by atoms with Gasteiger partial charge in [0.2, 0.25) is 5.91 Å². The van der Waals surface area contributed by atoms with Gasteiger partial charge in [0.05, 0.1) is 12.2 Å². The molecule has 0 unspecified atom stereocenters. The Labute approximate surface area is 123 Å². The van der Waals surface area contributed by atoms with Crippen LogP contribution in [-0.2, 0) is 11.3 Å². The number of pyridine rings is 1. The smallest absolute Gasteiger partial charge is 0.231 e. The zero-order valence-corrected chi connectivity index (χ0v) is 12.0. The number of likely N-dealkylation sites (tertiary alicyclic amines) is 1. The number of nitrogens with two attached hydrogens (primary N) is 1. The number of nitrogens with zero attached hydrogens (tertiary/aromatic N) is 3. The molecule has 0 aromatic carbocycles. The quantitative estimate of drug-likeness (QED) is 0.833. The molecule has 6 heteroatoms. The van der Waals surface area contributed by atoms with Gasteiger partial charge in [-0.3, -0.25) is 9.69 Å². The third-order valence-corrected chi connectivity index (χ3v) is 3.95. The average molecular weight is 287 g/mol. The molecule has 1 amide bonds. The molecular formula is C15H21N5O. The van der Waals surface area contributed by atoms with Gasteiger partial charge in [0, 0.05) is 38.1 Å². The Hall–Kier alpha value is -1.92. The van der Waals surface area contributed by atoms with Crippen LogP contribution in [-0.4, -0.2) is 45.9 Å². The standard InChI is InChI=1S/C15H21N5O/c16-14(21)11-19-7-4-12(5-8-19)17-9-13-10-20-6-2-1-3-15(20)18-13/h1-3,6,10,12,17H,4-5,7-9,11H2,(H2,16,21). The minimum atomic E-state index is -0.244. The summed E-state index contributed by atoms with van der Waals surface area (Å²) >= 11 is 0. The summed E-state index contributed by atoms with van der Waals surface area (Å²) in [5.41, 5.74) is 7.26. The number of amides is 1. The van der Waals surface area contributed by atoms with Crippen molar-refractivity contribution in [2.75, 3.05) is 19.6 Å². The van der Waals surface area contributed by atoms with Gasteiger partial charge < -0.3 is 15.5 Å². The van der Waals surface area contributed by atoms with E-state index in [1.54, 1.807) is 0 Å². The van der Waals surface area contributed by atoms with E-state index in [-0.39, 0.29) is 5.91 Å². The van der Waals surface area contributed by atoms with Crippen LogP contribution < -0.4 is 11.1 Å². The van der Waals surface area contributed by atoms with E-state index < -0.39 is 0 Å². The number of fused-ring (bicyclic) bond motifs is 1. The van der Waals surface area contributed by atoms with E-state index in [1.165, 1.54) is 0 Å². The van der Waals surface area contributed by atoms with Gasteiger partial charge in [-0.15, -0.1) is 0 Å². The van der Waals surface area contributed by atoms with Crippen LogP contribution in [0.2, 0.25) is 0 Å². The second kappa shape index (κ2) is 6.24. The molecule has 0 radical (unpaired) electrons. The number of piperidine rings is 1. The van der Waals surface area contributed by atoms with E-state index >= 15 is 0 Å². The molecule has 3 rings (SSSR count). The van der Waals surface area contributed by atoms with Crippen molar-refractivity contribution < 1.29 is 4.79 Å². The molecule has 2 aromatic rings. The topological polar surface area (TPSA) is 75.7 Å². The number of hydrogen-bond acceptors (Lipinski definition) is 4. The van der Waals surface area contributed by atoms with Crippen molar-refractivity contribution >= 4 is 11.6 Å². The van der Waals surface area contributed by atoms with Gasteiger partial charge in [0.25, 0.3) is 0 Å². The van der Waals surface area contributed by atoms with Crippen molar-refractivity contribution in [1.82, 2.24) is 19.6 Å². The molecule has 112 valence electrons. The molecule has 1 aliphatic rings. The van der Waals surface area contributed by atoms with Crippen LogP contribution in [0, 0.1) is 0 Å². The molecule has 3 heterocycles. The maximum Gasteiger partial charge on any atom is 0.231 e. The fourth-order valence-electron chi connectivity index (χ4n) is 2.84. The third kappa shape index (κ3) is 3.59. The number of nitrogens with one attached hydrogen (secondary N) is 1. The van der Waals surface area contributed by atoms with Crippen LogP contribution in [0.15, 0.2) is 30.6 Å². The number of rotatable bonds is 5. The Bertz CT molecular complexity index is 582. The molecule has 1 fully saturated rings. The number of hydrogen-bond donors (Lipinski definition) is 2. The lowest BCUT2D eigenvalue weighted by atomic mass is 10.1. The molecule has 2 aromatic heterocycles. The summed E-state index contributed by atoms with van der Waals surface area (Å²) in [6.07, 6.45) is 6.15. The molecule has 1 saturated heterocycles. The van der Waals surface area contributed by atoms with E-state index in [4.69, 9.17) is 5.73 Å². The van der Waals surface area contributed by atoms with Crippen molar-refractivity contribution in [3.63, 3.8) is 0 Å². The highest BCUT2D eigenvalue weighted by molar-refractivity contribution is 5.75. The molecular weight excluding hydrogens is 266 g/mol. The highest BCUT2D eigenvalue weighted by Gasteiger charge is 2.19. The normalized spacial score (nSPS) is 17.3. The largest absolute Gasteiger partial charge is 0.369 e.